The van der Waals surface area contributed by atoms with E-state index >= 15 is 0 Å². The zero-order valence-corrected chi connectivity index (χ0v) is 10.3. The molecule has 0 saturated heterocycles. The summed E-state index contributed by atoms with van der Waals surface area (Å²) in [4.78, 5) is 12.0. The lowest BCUT2D eigenvalue weighted by Crippen LogP contribution is -2.31. The molecule has 5 heteroatoms. The van der Waals surface area contributed by atoms with Crippen molar-refractivity contribution in [2.75, 3.05) is 5.32 Å². The fraction of sp³-hybridized carbons (Fsp3) is 0.429. The summed E-state index contributed by atoms with van der Waals surface area (Å²) in [6.07, 6.45) is -0.114. The maximum Gasteiger partial charge on any atom is 0.248 e. The Kier molecular flexibility index (Phi) is 3.79. The number of alkyl halides is 2. The van der Waals surface area contributed by atoms with Crippen LogP contribution in [-0.2, 0) is 4.79 Å². The lowest BCUT2D eigenvalue weighted by Gasteiger charge is -2.27. The Bertz CT molecular complexity index is 512. The molecule has 3 nitrogen and oxygen atoms in total. The lowest BCUT2D eigenvalue weighted by atomic mass is 9.86. The summed E-state index contributed by atoms with van der Waals surface area (Å²) >= 11 is 0. The molecule has 0 spiro atoms. The molecule has 0 radical (unpaired) electrons. The Morgan fingerprint density at radius 1 is 1.32 bits per heavy atom. The SMILES string of the molecule is N#Cc1ccccc1NC(=O)C1CCC(F)(F)CC1. The molecule has 1 amide bonds. The first-order valence-electron chi connectivity index (χ1n) is 6.20. The third-order valence-electron chi connectivity index (χ3n) is 3.39. The molecular weight excluding hydrogens is 250 g/mol. The average molecular weight is 264 g/mol. The standard InChI is InChI=1S/C14H14F2N2O/c15-14(16)7-5-10(6-8-14)13(19)18-12-4-2-1-3-11(12)9-17/h1-4,10H,5-8H2,(H,18,19). The minimum absolute atomic E-state index is 0.188. The van der Waals surface area contributed by atoms with Crippen LogP contribution in [0.5, 0.6) is 0 Å². The van der Waals surface area contributed by atoms with Gasteiger partial charge in [-0.2, -0.15) is 5.26 Å². The van der Waals surface area contributed by atoms with Crippen molar-refractivity contribution in [2.45, 2.75) is 31.6 Å². The Morgan fingerprint density at radius 3 is 2.58 bits per heavy atom. The number of carbonyl (C=O) groups excluding carboxylic acids is 1. The second-order valence-electron chi connectivity index (χ2n) is 4.78. The van der Waals surface area contributed by atoms with Crippen LogP contribution in [0.3, 0.4) is 0 Å². The fourth-order valence-electron chi connectivity index (χ4n) is 2.23. The highest BCUT2D eigenvalue weighted by atomic mass is 19.3. The van der Waals surface area contributed by atoms with Crippen molar-refractivity contribution < 1.29 is 13.6 Å². The van der Waals surface area contributed by atoms with Crippen LogP contribution in [0.15, 0.2) is 24.3 Å². The highest BCUT2D eigenvalue weighted by Gasteiger charge is 2.37. The minimum Gasteiger partial charge on any atom is -0.325 e. The van der Waals surface area contributed by atoms with Gasteiger partial charge in [0, 0.05) is 18.8 Å². The van der Waals surface area contributed by atoms with E-state index in [0.717, 1.165) is 0 Å². The third kappa shape index (κ3) is 3.28. The van der Waals surface area contributed by atoms with Crippen LogP contribution in [0.2, 0.25) is 0 Å². The second kappa shape index (κ2) is 5.35. The highest BCUT2D eigenvalue weighted by Crippen LogP contribution is 2.36. The van der Waals surface area contributed by atoms with Crippen molar-refractivity contribution in [3.63, 3.8) is 0 Å². The summed E-state index contributed by atoms with van der Waals surface area (Å²) in [6, 6.07) is 8.63. The number of para-hydroxylation sites is 1. The van der Waals surface area contributed by atoms with Crippen LogP contribution in [0.1, 0.15) is 31.2 Å². The smallest absolute Gasteiger partial charge is 0.248 e. The summed E-state index contributed by atoms with van der Waals surface area (Å²) < 4.78 is 26.0. The molecule has 0 bridgehead atoms. The molecule has 2 rings (SSSR count). The van der Waals surface area contributed by atoms with Crippen molar-refractivity contribution in [3.8, 4) is 6.07 Å². The first kappa shape index (κ1) is 13.5. The van der Waals surface area contributed by atoms with Crippen LogP contribution >= 0.6 is 0 Å². The van der Waals surface area contributed by atoms with E-state index in [9.17, 15) is 13.6 Å². The number of nitrogens with zero attached hydrogens (tertiary/aromatic N) is 1. The van der Waals surface area contributed by atoms with Crippen molar-refractivity contribution in [1.82, 2.24) is 0 Å². The number of rotatable bonds is 2. The Morgan fingerprint density at radius 2 is 1.95 bits per heavy atom. The molecule has 1 aromatic carbocycles. The van der Waals surface area contributed by atoms with E-state index in [0.29, 0.717) is 11.3 Å². The molecule has 1 aliphatic carbocycles. The van der Waals surface area contributed by atoms with Crippen LogP contribution in [-0.4, -0.2) is 11.8 Å². The zero-order valence-electron chi connectivity index (χ0n) is 10.3. The highest BCUT2D eigenvalue weighted by molar-refractivity contribution is 5.93. The lowest BCUT2D eigenvalue weighted by molar-refractivity contribution is -0.124. The normalized spacial score (nSPS) is 18.6. The number of benzene rings is 1. The number of amides is 1. The van der Waals surface area contributed by atoms with Gasteiger partial charge in [0.2, 0.25) is 11.8 Å². The predicted molar refractivity (Wildman–Crippen MR) is 66.7 cm³/mol. The maximum absolute atomic E-state index is 13.0. The van der Waals surface area contributed by atoms with Gasteiger partial charge in [-0.1, -0.05) is 12.1 Å². The molecule has 0 aromatic heterocycles. The first-order valence-corrected chi connectivity index (χ1v) is 6.20. The van der Waals surface area contributed by atoms with Crippen LogP contribution in [0.25, 0.3) is 0 Å². The Balaban J connectivity index is 2.01. The van der Waals surface area contributed by atoms with Crippen molar-refractivity contribution in [1.29, 1.82) is 5.26 Å². The number of nitriles is 1. The summed E-state index contributed by atoms with van der Waals surface area (Å²) in [5, 5.41) is 11.6. The molecule has 19 heavy (non-hydrogen) atoms. The van der Waals surface area contributed by atoms with E-state index in [1.165, 1.54) is 0 Å². The van der Waals surface area contributed by atoms with E-state index in [1.54, 1.807) is 24.3 Å². The van der Waals surface area contributed by atoms with E-state index < -0.39 is 11.8 Å². The van der Waals surface area contributed by atoms with Gasteiger partial charge in [0.05, 0.1) is 11.3 Å². The molecule has 1 N–H and O–H groups in total. The van der Waals surface area contributed by atoms with Gasteiger partial charge >= 0.3 is 0 Å². The molecule has 0 atom stereocenters. The van der Waals surface area contributed by atoms with Gasteiger partial charge in [-0.3, -0.25) is 4.79 Å². The van der Waals surface area contributed by atoms with E-state index in [2.05, 4.69) is 5.32 Å². The third-order valence-corrected chi connectivity index (χ3v) is 3.39. The summed E-state index contributed by atoms with van der Waals surface area (Å²) in [6.45, 7) is 0. The van der Waals surface area contributed by atoms with Gasteiger partial charge in [-0.05, 0) is 25.0 Å². The molecule has 0 aliphatic heterocycles. The predicted octanol–water partition coefficient (Wildman–Crippen LogP) is 3.32. The largest absolute Gasteiger partial charge is 0.325 e. The number of carbonyl (C=O) groups is 1. The molecule has 1 aliphatic rings. The molecule has 1 fully saturated rings. The van der Waals surface area contributed by atoms with Gasteiger partial charge in [0.1, 0.15) is 6.07 Å². The van der Waals surface area contributed by atoms with Gasteiger partial charge in [0.15, 0.2) is 0 Å². The summed E-state index contributed by atoms with van der Waals surface area (Å²) in [5.41, 5.74) is 0.810. The first-order chi connectivity index (χ1) is 9.02. The van der Waals surface area contributed by atoms with Gasteiger partial charge in [-0.25, -0.2) is 8.78 Å². The van der Waals surface area contributed by atoms with E-state index in [4.69, 9.17) is 5.26 Å². The Labute approximate surface area is 110 Å². The van der Waals surface area contributed by atoms with Crippen LogP contribution < -0.4 is 5.32 Å². The number of halogens is 2. The van der Waals surface area contributed by atoms with Crippen LogP contribution in [0.4, 0.5) is 14.5 Å². The molecule has 1 aromatic rings. The summed E-state index contributed by atoms with van der Waals surface area (Å²) in [7, 11) is 0. The fourth-order valence-corrected chi connectivity index (χ4v) is 2.23. The average Bonchev–Trinajstić information content (AvgIpc) is 2.39. The summed E-state index contributed by atoms with van der Waals surface area (Å²) in [5.74, 6) is -3.31. The van der Waals surface area contributed by atoms with E-state index in [1.807, 2.05) is 6.07 Å². The van der Waals surface area contributed by atoms with Crippen molar-refractivity contribution >= 4 is 11.6 Å². The topological polar surface area (TPSA) is 52.9 Å². The molecule has 0 heterocycles. The number of hydrogen-bond acceptors (Lipinski definition) is 2. The van der Waals surface area contributed by atoms with E-state index in [-0.39, 0.29) is 31.6 Å². The second-order valence-corrected chi connectivity index (χ2v) is 4.78. The van der Waals surface area contributed by atoms with Gasteiger partial charge in [-0.15, -0.1) is 0 Å². The maximum atomic E-state index is 13.0. The molecule has 1 saturated carbocycles. The van der Waals surface area contributed by atoms with Crippen molar-refractivity contribution in [3.05, 3.63) is 29.8 Å². The monoisotopic (exact) mass is 264 g/mol. The Hall–Kier alpha value is -1.96. The minimum atomic E-state index is -2.64. The van der Waals surface area contributed by atoms with Crippen molar-refractivity contribution in [2.24, 2.45) is 5.92 Å². The number of hydrogen-bond donors (Lipinski definition) is 1. The number of nitrogens with one attached hydrogen (secondary N) is 1. The molecule has 100 valence electrons. The molecule has 0 unspecified atom stereocenters. The molecular formula is C14H14F2N2O. The van der Waals surface area contributed by atoms with Crippen LogP contribution in [0, 0.1) is 17.2 Å². The number of anilines is 1. The quantitative estimate of drug-likeness (QED) is 0.890. The van der Waals surface area contributed by atoms with Gasteiger partial charge in [0.25, 0.3) is 0 Å². The zero-order chi connectivity index (χ0) is 13.9. The van der Waals surface area contributed by atoms with Gasteiger partial charge < -0.3 is 5.32 Å².